The average molecular weight is 381 g/mol. The van der Waals surface area contributed by atoms with E-state index in [2.05, 4.69) is 5.32 Å². The lowest BCUT2D eigenvalue weighted by atomic mass is 10.1. The summed E-state index contributed by atoms with van der Waals surface area (Å²) in [6.45, 7) is -0.595. The van der Waals surface area contributed by atoms with Crippen LogP contribution in [0.3, 0.4) is 0 Å². The largest absolute Gasteiger partial charge is 0.455 e. The van der Waals surface area contributed by atoms with Crippen LogP contribution < -0.4 is 5.32 Å². The Hall–Kier alpha value is -2.62. The summed E-state index contributed by atoms with van der Waals surface area (Å²) in [5.74, 6) is -2.10. The molecular weight excluding hydrogens is 370 g/mol. The SMILES string of the molecule is N#Cc1ccc(Cl)cc1NC(=O)COC(=O)Cc1c(F)cccc1Cl. The number of benzene rings is 2. The lowest BCUT2D eigenvalue weighted by molar-refractivity contribution is -0.146. The van der Waals surface area contributed by atoms with Crippen molar-refractivity contribution >= 4 is 40.8 Å². The van der Waals surface area contributed by atoms with Crippen molar-refractivity contribution in [3.8, 4) is 6.07 Å². The number of ether oxygens (including phenoxy) is 1. The van der Waals surface area contributed by atoms with Crippen LogP contribution in [-0.2, 0) is 20.7 Å². The highest BCUT2D eigenvalue weighted by Gasteiger charge is 2.15. The van der Waals surface area contributed by atoms with Crippen LogP contribution >= 0.6 is 23.2 Å². The van der Waals surface area contributed by atoms with E-state index in [0.717, 1.165) is 0 Å². The normalized spacial score (nSPS) is 10.0. The molecule has 0 aromatic heterocycles. The van der Waals surface area contributed by atoms with E-state index in [1.165, 1.54) is 36.4 Å². The van der Waals surface area contributed by atoms with E-state index in [1.54, 1.807) is 0 Å². The predicted molar refractivity (Wildman–Crippen MR) is 90.9 cm³/mol. The molecule has 0 fully saturated rings. The maximum atomic E-state index is 13.6. The lowest BCUT2D eigenvalue weighted by Crippen LogP contribution is -2.22. The van der Waals surface area contributed by atoms with Crippen molar-refractivity contribution in [3.05, 3.63) is 63.4 Å². The second-order valence-electron chi connectivity index (χ2n) is 4.89. The number of nitrogens with one attached hydrogen (secondary N) is 1. The van der Waals surface area contributed by atoms with E-state index in [4.69, 9.17) is 33.2 Å². The van der Waals surface area contributed by atoms with Gasteiger partial charge in [0.15, 0.2) is 6.61 Å². The number of hydrogen-bond acceptors (Lipinski definition) is 4. The molecule has 0 spiro atoms. The van der Waals surface area contributed by atoms with Gasteiger partial charge in [0.1, 0.15) is 11.9 Å². The van der Waals surface area contributed by atoms with Gasteiger partial charge in [0.25, 0.3) is 5.91 Å². The number of hydrogen-bond donors (Lipinski definition) is 1. The highest BCUT2D eigenvalue weighted by atomic mass is 35.5. The van der Waals surface area contributed by atoms with Crippen LogP contribution in [0.5, 0.6) is 0 Å². The zero-order valence-electron chi connectivity index (χ0n) is 12.7. The summed E-state index contributed by atoms with van der Waals surface area (Å²) < 4.78 is 18.4. The number of nitrogens with zero attached hydrogens (tertiary/aromatic N) is 1. The molecule has 0 heterocycles. The topological polar surface area (TPSA) is 79.2 Å². The molecule has 5 nitrogen and oxygen atoms in total. The predicted octanol–water partition coefficient (Wildman–Crippen LogP) is 3.73. The summed E-state index contributed by atoms with van der Waals surface area (Å²) >= 11 is 11.6. The molecule has 0 atom stereocenters. The molecule has 1 amide bonds. The molecular formula is C17H11Cl2FN2O3. The Morgan fingerprint density at radius 2 is 2.00 bits per heavy atom. The van der Waals surface area contributed by atoms with Crippen molar-refractivity contribution in [2.45, 2.75) is 6.42 Å². The number of rotatable bonds is 5. The molecule has 128 valence electrons. The second-order valence-corrected chi connectivity index (χ2v) is 5.73. The van der Waals surface area contributed by atoms with Gasteiger partial charge in [-0.2, -0.15) is 5.26 Å². The van der Waals surface area contributed by atoms with Crippen LogP contribution in [0, 0.1) is 17.1 Å². The molecule has 0 saturated carbocycles. The third kappa shape index (κ3) is 5.18. The van der Waals surface area contributed by atoms with Crippen molar-refractivity contribution in [3.63, 3.8) is 0 Å². The van der Waals surface area contributed by atoms with Gasteiger partial charge in [-0.1, -0.05) is 29.3 Å². The monoisotopic (exact) mass is 380 g/mol. The fourth-order valence-corrected chi connectivity index (χ4v) is 2.35. The molecule has 8 heteroatoms. The van der Waals surface area contributed by atoms with Gasteiger partial charge in [-0.25, -0.2) is 4.39 Å². The van der Waals surface area contributed by atoms with Crippen molar-refractivity contribution in [1.82, 2.24) is 0 Å². The van der Waals surface area contributed by atoms with Crippen LogP contribution in [-0.4, -0.2) is 18.5 Å². The minimum Gasteiger partial charge on any atom is -0.455 e. The van der Waals surface area contributed by atoms with Crippen molar-refractivity contribution in [1.29, 1.82) is 5.26 Å². The summed E-state index contributed by atoms with van der Waals surface area (Å²) in [7, 11) is 0. The quantitative estimate of drug-likeness (QED) is 0.801. The minimum absolute atomic E-state index is 0.00353. The first kappa shape index (κ1) is 18.7. The van der Waals surface area contributed by atoms with Gasteiger partial charge in [0.2, 0.25) is 0 Å². The molecule has 0 aliphatic rings. The first-order valence-electron chi connectivity index (χ1n) is 6.98. The Morgan fingerprint density at radius 3 is 2.68 bits per heavy atom. The van der Waals surface area contributed by atoms with Crippen LogP contribution in [0.4, 0.5) is 10.1 Å². The van der Waals surface area contributed by atoms with Gasteiger partial charge < -0.3 is 10.1 Å². The average Bonchev–Trinajstić information content (AvgIpc) is 2.57. The number of halogens is 3. The molecule has 0 bridgehead atoms. The van der Waals surface area contributed by atoms with E-state index < -0.39 is 30.7 Å². The standard InChI is InChI=1S/C17H11Cl2FN2O3/c18-11-5-4-10(8-21)15(6-11)22-16(23)9-25-17(24)7-12-13(19)2-1-3-14(12)20/h1-6H,7,9H2,(H,22,23). The zero-order valence-corrected chi connectivity index (χ0v) is 14.2. The Kier molecular flexibility index (Phi) is 6.34. The molecule has 0 radical (unpaired) electrons. The van der Waals surface area contributed by atoms with Gasteiger partial charge in [-0.3, -0.25) is 9.59 Å². The molecule has 1 N–H and O–H groups in total. The number of carbonyl (C=O) groups is 2. The van der Waals surface area contributed by atoms with Crippen LogP contribution in [0.25, 0.3) is 0 Å². The number of anilines is 1. The molecule has 0 aliphatic carbocycles. The molecule has 0 aliphatic heterocycles. The highest BCUT2D eigenvalue weighted by molar-refractivity contribution is 6.31. The van der Waals surface area contributed by atoms with E-state index in [0.29, 0.717) is 5.02 Å². The molecule has 0 saturated heterocycles. The number of amides is 1. The van der Waals surface area contributed by atoms with Crippen LogP contribution in [0.15, 0.2) is 36.4 Å². The lowest BCUT2D eigenvalue weighted by Gasteiger charge is -2.09. The van der Waals surface area contributed by atoms with Crippen molar-refractivity contribution < 1.29 is 18.7 Å². The van der Waals surface area contributed by atoms with Gasteiger partial charge in [-0.05, 0) is 30.3 Å². The fraction of sp³-hybridized carbons (Fsp3) is 0.118. The third-order valence-corrected chi connectivity index (χ3v) is 3.71. The first-order chi connectivity index (χ1) is 11.9. The summed E-state index contributed by atoms with van der Waals surface area (Å²) in [4.78, 5) is 23.6. The van der Waals surface area contributed by atoms with Crippen LogP contribution in [0.1, 0.15) is 11.1 Å². The molecule has 0 unspecified atom stereocenters. The van der Waals surface area contributed by atoms with Gasteiger partial charge in [-0.15, -0.1) is 0 Å². The van der Waals surface area contributed by atoms with E-state index >= 15 is 0 Å². The third-order valence-electron chi connectivity index (χ3n) is 3.12. The van der Waals surface area contributed by atoms with Gasteiger partial charge in [0.05, 0.1) is 17.7 Å². The molecule has 2 rings (SSSR count). The molecule has 25 heavy (non-hydrogen) atoms. The van der Waals surface area contributed by atoms with Crippen LogP contribution in [0.2, 0.25) is 10.0 Å². The zero-order chi connectivity index (χ0) is 18.4. The maximum Gasteiger partial charge on any atom is 0.310 e. The van der Waals surface area contributed by atoms with Gasteiger partial charge >= 0.3 is 5.97 Å². The van der Waals surface area contributed by atoms with E-state index in [1.807, 2.05) is 6.07 Å². The summed E-state index contributed by atoms with van der Waals surface area (Å²) in [6, 6.07) is 10.3. The Balaban J connectivity index is 1.93. The Labute approximate surface area is 152 Å². The second kappa shape index (κ2) is 8.47. The van der Waals surface area contributed by atoms with Crippen molar-refractivity contribution in [2.24, 2.45) is 0 Å². The molecule has 2 aromatic rings. The highest BCUT2D eigenvalue weighted by Crippen LogP contribution is 2.21. The van der Waals surface area contributed by atoms with Gasteiger partial charge in [0, 0.05) is 15.6 Å². The summed E-state index contributed by atoms with van der Waals surface area (Å²) in [6.07, 6.45) is -0.403. The van der Waals surface area contributed by atoms with E-state index in [-0.39, 0.29) is 21.8 Å². The summed E-state index contributed by atoms with van der Waals surface area (Å²) in [5, 5.41) is 11.8. The smallest absolute Gasteiger partial charge is 0.310 e. The van der Waals surface area contributed by atoms with E-state index in [9.17, 15) is 14.0 Å². The number of carbonyl (C=O) groups excluding carboxylic acids is 2. The Bertz CT molecular complexity index is 845. The Morgan fingerprint density at radius 1 is 1.24 bits per heavy atom. The fourth-order valence-electron chi connectivity index (χ4n) is 1.95. The van der Waals surface area contributed by atoms with Crippen molar-refractivity contribution in [2.75, 3.05) is 11.9 Å². The first-order valence-corrected chi connectivity index (χ1v) is 7.74. The maximum absolute atomic E-state index is 13.6. The molecule has 2 aromatic carbocycles. The minimum atomic E-state index is -0.811. The summed E-state index contributed by atoms with van der Waals surface area (Å²) in [5.41, 5.74) is 0.409. The number of esters is 1. The number of nitriles is 1.